The molecule has 1 aliphatic heterocycles. The number of anilines is 2. The molecule has 0 radical (unpaired) electrons. The van der Waals surface area contributed by atoms with Crippen molar-refractivity contribution >= 4 is 17.4 Å². The second-order valence-electron chi connectivity index (χ2n) is 8.68. The van der Waals surface area contributed by atoms with Crippen LogP contribution in [0.2, 0.25) is 0 Å². The van der Waals surface area contributed by atoms with Gasteiger partial charge in [0, 0.05) is 19.5 Å². The van der Waals surface area contributed by atoms with Crippen molar-refractivity contribution in [3.05, 3.63) is 78.0 Å². The maximum atomic E-state index is 11.4. The van der Waals surface area contributed by atoms with Crippen LogP contribution in [0.1, 0.15) is 37.8 Å². The van der Waals surface area contributed by atoms with E-state index in [1.807, 2.05) is 49.5 Å². The first-order chi connectivity index (χ1) is 17.1. The molecule has 1 amide bonds. The number of hydrogen-bond donors (Lipinski definition) is 2. The third-order valence-corrected chi connectivity index (χ3v) is 6.03. The summed E-state index contributed by atoms with van der Waals surface area (Å²) in [4.78, 5) is 18.2. The second kappa shape index (κ2) is 12.2. The SMILES string of the molecule is CCOc1cc(CN(c2ccc(NC(C)=O)nc2)C2CCNCC2)ccc1OCc1ccccc1. The van der Waals surface area contributed by atoms with E-state index in [2.05, 4.69) is 44.8 Å². The Hall–Kier alpha value is -3.58. The van der Waals surface area contributed by atoms with Crippen LogP contribution in [0.25, 0.3) is 0 Å². The zero-order valence-electron chi connectivity index (χ0n) is 20.5. The number of nitrogens with one attached hydrogen (secondary N) is 2. The summed E-state index contributed by atoms with van der Waals surface area (Å²) in [6.45, 7) is 7.25. The molecule has 1 fully saturated rings. The van der Waals surface area contributed by atoms with Crippen LogP contribution in [0.3, 0.4) is 0 Å². The van der Waals surface area contributed by atoms with Crippen molar-refractivity contribution < 1.29 is 14.3 Å². The molecular formula is C28H34N4O3. The predicted octanol–water partition coefficient (Wildman–Crippen LogP) is 4.78. The molecule has 0 saturated carbocycles. The van der Waals surface area contributed by atoms with E-state index in [0.29, 0.717) is 25.1 Å². The molecule has 1 aromatic heterocycles. The molecule has 0 unspecified atom stereocenters. The second-order valence-corrected chi connectivity index (χ2v) is 8.68. The van der Waals surface area contributed by atoms with Crippen molar-refractivity contribution in [3.8, 4) is 11.5 Å². The first kappa shape index (κ1) is 24.5. The van der Waals surface area contributed by atoms with E-state index in [1.165, 1.54) is 6.92 Å². The normalized spacial score (nSPS) is 13.8. The highest BCUT2D eigenvalue weighted by Gasteiger charge is 2.22. The van der Waals surface area contributed by atoms with Gasteiger partial charge in [-0.3, -0.25) is 4.79 Å². The molecule has 0 spiro atoms. The first-order valence-corrected chi connectivity index (χ1v) is 12.3. The molecule has 0 aliphatic carbocycles. The number of carbonyl (C=O) groups excluding carboxylic acids is 1. The molecule has 2 heterocycles. The molecule has 0 atom stereocenters. The Balaban J connectivity index is 1.54. The molecule has 3 aromatic rings. The summed E-state index contributed by atoms with van der Waals surface area (Å²) in [6.07, 6.45) is 3.96. The molecule has 2 aromatic carbocycles. The lowest BCUT2D eigenvalue weighted by atomic mass is 10.0. The fourth-order valence-electron chi connectivity index (χ4n) is 4.33. The number of ether oxygens (including phenoxy) is 2. The number of nitrogens with zero attached hydrogens (tertiary/aromatic N) is 2. The van der Waals surface area contributed by atoms with E-state index in [-0.39, 0.29) is 5.91 Å². The third-order valence-electron chi connectivity index (χ3n) is 6.03. The summed E-state index contributed by atoms with van der Waals surface area (Å²) in [5.74, 6) is 1.93. The van der Waals surface area contributed by atoms with Crippen molar-refractivity contribution in [1.82, 2.24) is 10.3 Å². The van der Waals surface area contributed by atoms with Crippen molar-refractivity contribution in [2.75, 3.05) is 29.9 Å². The van der Waals surface area contributed by atoms with Crippen LogP contribution < -0.4 is 25.0 Å². The van der Waals surface area contributed by atoms with Crippen molar-refractivity contribution in [3.63, 3.8) is 0 Å². The molecule has 1 saturated heterocycles. The van der Waals surface area contributed by atoms with E-state index in [0.717, 1.165) is 60.8 Å². The van der Waals surface area contributed by atoms with E-state index in [4.69, 9.17) is 9.47 Å². The van der Waals surface area contributed by atoms with E-state index in [9.17, 15) is 4.79 Å². The minimum atomic E-state index is -0.126. The number of pyridine rings is 1. The van der Waals surface area contributed by atoms with E-state index in [1.54, 1.807) is 0 Å². The van der Waals surface area contributed by atoms with Gasteiger partial charge >= 0.3 is 0 Å². The van der Waals surface area contributed by atoms with Crippen molar-refractivity contribution in [2.45, 2.75) is 45.9 Å². The van der Waals surface area contributed by atoms with Crippen molar-refractivity contribution in [2.24, 2.45) is 0 Å². The van der Waals surface area contributed by atoms with Gasteiger partial charge in [-0.25, -0.2) is 4.98 Å². The number of benzene rings is 2. The van der Waals surface area contributed by atoms with Gasteiger partial charge in [-0.15, -0.1) is 0 Å². The summed E-state index contributed by atoms with van der Waals surface area (Å²) in [5.41, 5.74) is 3.30. The highest BCUT2D eigenvalue weighted by atomic mass is 16.5. The standard InChI is InChI=1S/C28H34N4O3/c1-3-34-27-17-23(9-11-26(27)35-20-22-7-5-4-6-8-22)19-32(24-13-15-29-16-14-24)25-10-12-28(30-18-25)31-21(2)33/h4-12,17-18,24,29H,3,13-16,19-20H2,1-2H3,(H,30,31,33). The summed E-state index contributed by atoms with van der Waals surface area (Å²) < 4.78 is 12.0. The Labute approximate surface area is 207 Å². The minimum Gasteiger partial charge on any atom is -0.490 e. The number of amides is 1. The van der Waals surface area contributed by atoms with Crippen LogP contribution in [0.4, 0.5) is 11.5 Å². The number of rotatable bonds is 10. The summed E-state index contributed by atoms with van der Waals surface area (Å²) >= 11 is 0. The quantitative estimate of drug-likeness (QED) is 0.441. The van der Waals surface area contributed by atoms with E-state index >= 15 is 0 Å². The molecule has 1 aliphatic rings. The zero-order chi connectivity index (χ0) is 24.5. The zero-order valence-corrected chi connectivity index (χ0v) is 20.5. The van der Waals surface area contributed by atoms with Crippen LogP contribution >= 0.6 is 0 Å². The lowest BCUT2D eigenvalue weighted by Crippen LogP contribution is -2.43. The monoisotopic (exact) mass is 474 g/mol. The lowest BCUT2D eigenvalue weighted by molar-refractivity contribution is -0.114. The summed E-state index contributed by atoms with van der Waals surface area (Å²) in [6, 6.07) is 20.6. The van der Waals surface area contributed by atoms with Gasteiger partial charge in [0.05, 0.1) is 18.5 Å². The molecule has 4 rings (SSSR count). The molecular weight excluding hydrogens is 440 g/mol. The van der Waals surface area contributed by atoms with Gasteiger partial charge in [0.25, 0.3) is 0 Å². The molecule has 2 N–H and O–H groups in total. The topological polar surface area (TPSA) is 75.7 Å². The average molecular weight is 475 g/mol. The van der Waals surface area contributed by atoms with Gasteiger partial charge in [-0.2, -0.15) is 0 Å². The Kier molecular flexibility index (Phi) is 8.57. The first-order valence-electron chi connectivity index (χ1n) is 12.3. The number of aromatic nitrogens is 1. The van der Waals surface area contributed by atoms with Crippen LogP contribution in [-0.2, 0) is 17.9 Å². The highest BCUT2D eigenvalue weighted by Crippen LogP contribution is 2.32. The molecule has 7 heteroatoms. The van der Waals surface area contributed by atoms with Crippen LogP contribution in [0, 0.1) is 0 Å². The van der Waals surface area contributed by atoms with Gasteiger partial charge in [0.2, 0.25) is 5.91 Å². The fraction of sp³-hybridized carbons (Fsp3) is 0.357. The van der Waals surface area contributed by atoms with Gasteiger partial charge in [0.15, 0.2) is 11.5 Å². The van der Waals surface area contributed by atoms with Gasteiger partial charge in [0.1, 0.15) is 12.4 Å². The number of hydrogen-bond acceptors (Lipinski definition) is 6. The molecule has 7 nitrogen and oxygen atoms in total. The van der Waals surface area contributed by atoms with E-state index < -0.39 is 0 Å². The molecule has 184 valence electrons. The Morgan fingerprint density at radius 1 is 1.03 bits per heavy atom. The van der Waals surface area contributed by atoms with Crippen molar-refractivity contribution in [1.29, 1.82) is 0 Å². The summed E-state index contributed by atoms with van der Waals surface area (Å²) in [5, 5.41) is 6.19. The van der Waals surface area contributed by atoms with Gasteiger partial charge in [-0.05, 0) is 68.2 Å². The Bertz CT molecular complexity index is 1080. The van der Waals surface area contributed by atoms with Crippen LogP contribution in [0.15, 0.2) is 66.9 Å². The predicted molar refractivity (Wildman–Crippen MR) is 139 cm³/mol. The highest BCUT2D eigenvalue weighted by molar-refractivity contribution is 5.87. The minimum absolute atomic E-state index is 0.126. The van der Waals surface area contributed by atoms with Crippen LogP contribution in [0.5, 0.6) is 11.5 Å². The smallest absolute Gasteiger partial charge is 0.222 e. The number of piperidine rings is 1. The fourth-order valence-corrected chi connectivity index (χ4v) is 4.33. The third kappa shape index (κ3) is 6.96. The molecule has 35 heavy (non-hydrogen) atoms. The maximum absolute atomic E-state index is 11.4. The Morgan fingerprint density at radius 2 is 1.83 bits per heavy atom. The van der Waals surface area contributed by atoms with Gasteiger partial charge in [-0.1, -0.05) is 36.4 Å². The summed E-state index contributed by atoms with van der Waals surface area (Å²) in [7, 11) is 0. The largest absolute Gasteiger partial charge is 0.490 e. The Morgan fingerprint density at radius 3 is 2.51 bits per heavy atom. The van der Waals surface area contributed by atoms with Crippen LogP contribution in [-0.4, -0.2) is 36.6 Å². The average Bonchev–Trinajstić information content (AvgIpc) is 2.88. The number of carbonyl (C=O) groups is 1. The maximum Gasteiger partial charge on any atom is 0.222 e. The lowest BCUT2D eigenvalue weighted by Gasteiger charge is -2.36. The molecule has 0 bridgehead atoms. The van der Waals surface area contributed by atoms with Gasteiger partial charge < -0.3 is 25.0 Å².